The van der Waals surface area contributed by atoms with Crippen LogP contribution in [0.5, 0.6) is 11.5 Å². The maximum absolute atomic E-state index is 12.8. The van der Waals surface area contributed by atoms with Crippen LogP contribution in [-0.4, -0.2) is 43.8 Å². The molecule has 0 saturated carbocycles. The van der Waals surface area contributed by atoms with E-state index in [1.54, 1.807) is 6.07 Å². The Morgan fingerprint density at radius 1 is 1.03 bits per heavy atom. The number of fused-ring (bicyclic) bond motifs is 2. The summed E-state index contributed by atoms with van der Waals surface area (Å²) in [6, 6.07) is 21.1. The molecule has 2 atom stereocenters. The second-order valence-corrected chi connectivity index (χ2v) is 11.8. The van der Waals surface area contributed by atoms with E-state index in [-0.39, 0.29) is 30.8 Å². The van der Waals surface area contributed by atoms with E-state index in [1.807, 2.05) is 60.7 Å². The highest BCUT2D eigenvalue weighted by molar-refractivity contribution is 7.92. The number of para-hydroxylation sites is 1. The summed E-state index contributed by atoms with van der Waals surface area (Å²) in [6.07, 6.45) is 5.53. The van der Waals surface area contributed by atoms with Crippen molar-refractivity contribution in [2.45, 2.75) is 44.0 Å². The van der Waals surface area contributed by atoms with Gasteiger partial charge in [0.2, 0.25) is 0 Å². The van der Waals surface area contributed by atoms with Gasteiger partial charge in [-0.25, -0.2) is 8.42 Å². The Balaban J connectivity index is 1.36. The predicted octanol–water partition coefficient (Wildman–Crippen LogP) is 6.08. The Kier molecular flexibility index (Phi) is 7.17. The summed E-state index contributed by atoms with van der Waals surface area (Å²) < 4.78 is 37.6. The molecule has 3 aromatic carbocycles. The summed E-state index contributed by atoms with van der Waals surface area (Å²) in [5, 5.41) is 11.6. The standard InChI is InChI=1S/C30H32O5S/c1-2-8-21(17-22-14-15-27(31)26-12-7-6-11-25(22)26)13-16-28-30-23(18-34-24-9-4-3-5-10-24)20-36(32,33)29(30)19-35-28/h3-7,9-12,14-15,17,28-29,31H,2,8,13,16,18-20H2,1H3/b21-17+/t28-,29+/m1/s1. The lowest BCUT2D eigenvalue weighted by Crippen LogP contribution is -2.19. The van der Waals surface area contributed by atoms with E-state index in [9.17, 15) is 13.5 Å². The number of aromatic hydroxyl groups is 1. The smallest absolute Gasteiger partial charge is 0.163 e. The molecule has 2 aliphatic heterocycles. The van der Waals surface area contributed by atoms with E-state index >= 15 is 0 Å². The van der Waals surface area contributed by atoms with Crippen LogP contribution in [0.25, 0.3) is 16.8 Å². The average molecular weight is 505 g/mol. The normalized spacial score (nSPS) is 21.2. The summed E-state index contributed by atoms with van der Waals surface area (Å²) >= 11 is 0. The van der Waals surface area contributed by atoms with Crippen LogP contribution in [0, 0.1) is 0 Å². The minimum atomic E-state index is -3.25. The molecule has 5 rings (SSSR count). The monoisotopic (exact) mass is 504 g/mol. The molecule has 1 N–H and O–H groups in total. The topological polar surface area (TPSA) is 72.8 Å². The Hall–Kier alpha value is -3.09. The molecule has 0 amide bonds. The van der Waals surface area contributed by atoms with E-state index in [1.165, 1.54) is 5.57 Å². The SMILES string of the molecule is CCC/C(=C\c1ccc(O)c2ccccc12)CC[C@H]1OC[C@H]2C1=C(COc1ccccc1)CS2(=O)=O. The fourth-order valence-electron chi connectivity index (χ4n) is 5.38. The summed E-state index contributed by atoms with van der Waals surface area (Å²) in [5.41, 5.74) is 4.13. The van der Waals surface area contributed by atoms with Gasteiger partial charge in [-0.15, -0.1) is 0 Å². The van der Waals surface area contributed by atoms with Crippen molar-refractivity contribution >= 4 is 26.7 Å². The molecule has 0 radical (unpaired) electrons. The van der Waals surface area contributed by atoms with E-state index < -0.39 is 15.1 Å². The number of allylic oxidation sites excluding steroid dienone is 1. The molecule has 0 unspecified atom stereocenters. The number of ether oxygens (including phenoxy) is 2. The van der Waals surface area contributed by atoms with Crippen LogP contribution < -0.4 is 4.74 Å². The molecule has 5 nitrogen and oxygen atoms in total. The molecular weight excluding hydrogens is 472 g/mol. The number of phenols is 1. The van der Waals surface area contributed by atoms with Crippen LogP contribution in [0.1, 0.15) is 38.2 Å². The van der Waals surface area contributed by atoms with Gasteiger partial charge in [0.05, 0.1) is 18.5 Å². The number of sulfone groups is 1. The summed E-state index contributed by atoms with van der Waals surface area (Å²) in [4.78, 5) is 0. The first-order valence-electron chi connectivity index (χ1n) is 12.6. The van der Waals surface area contributed by atoms with E-state index in [0.717, 1.165) is 58.9 Å². The zero-order chi connectivity index (χ0) is 25.1. The fourth-order valence-corrected chi connectivity index (χ4v) is 7.31. The maximum Gasteiger partial charge on any atom is 0.163 e. The maximum atomic E-state index is 12.8. The molecule has 0 aromatic heterocycles. The Bertz CT molecular complexity index is 1410. The Morgan fingerprint density at radius 3 is 2.56 bits per heavy atom. The number of hydrogen-bond acceptors (Lipinski definition) is 5. The van der Waals surface area contributed by atoms with Crippen molar-refractivity contribution in [2.24, 2.45) is 0 Å². The molecular formula is C30H32O5S. The second kappa shape index (κ2) is 10.5. The quantitative estimate of drug-likeness (QED) is 0.358. The highest BCUT2D eigenvalue weighted by Crippen LogP contribution is 2.39. The van der Waals surface area contributed by atoms with Crippen molar-refractivity contribution in [1.82, 2.24) is 0 Å². The van der Waals surface area contributed by atoms with Crippen LogP contribution in [-0.2, 0) is 14.6 Å². The van der Waals surface area contributed by atoms with Crippen molar-refractivity contribution in [2.75, 3.05) is 19.0 Å². The number of benzene rings is 3. The highest BCUT2D eigenvalue weighted by atomic mass is 32.2. The number of phenolic OH excluding ortho intramolecular Hbond substituents is 1. The van der Waals surface area contributed by atoms with Gasteiger partial charge < -0.3 is 14.6 Å². The number of rotatable bonds is 9. The van der Waals surface area contributed by atoms with Gasteiger partial charge in [0, 0.05) is 5.39 Å². The molecule has 1 saturated heterocycles. The largest absolute Gasteiger partial charge is 0.507 e. The molecule has 1 fully saturated rings. The van der Waals surface area contributed by atoms with Crippen LogP contribution in [0.15, 0.2) is 83.4 Å². The van der Waals surface area contributed by atoms with Crippen LogP contribution in [0.2, 0.25) is 0 Å². The van der Waals surface area contributed by atoms with Crippen LogP contribution >= 0.6 is 0 Å². The first-order chi connectivity index (χ1) is 17.5. The first-order valence-corrected chi connectivity index (χ1v) is 14.3. The first kappa shape index (κ1) is 24.6. The van der Waals surface area contributed by atoms with Gasteiger partial charge in [0.25, 0.3) is 0 Å². The molecule has 188 valence electrons. The molecule has 6 heteroatoms. The van der Waals surface area contributed by atoms with Gasteiger partial charge in [0.15, 0.2) is 9.84 Å². The van der Waals surface area contributed by atoms with Crippen LogP contribution in [0.4, 0.5) is 0 Å². The number of hydrogen-bond donors (Lipinski definition) is 1. The van der Waals surface area contributed by atoms with E-state index in [4.69, 9.17) is 9.47 Å². The van der Waals surface area contributed by atoms with Crippen molar-refractivity contribution in [1.29, 1.82) is 0 Å². The summed E-state index contributed by atoms with van der Waals surface area (Å²) in [5.74, 6) is 1.07. The molecule has 36 heavy (non-hydrogen) atoms. The minimum Gasteiger partial charge on any atom is -0.507 e. The lowest BCUT2D eigenvalue weighted by molar-refractivity contribution is 0.117. The minimum absolute atomic E-state index is 0.0524. The van der Waals surface area contributed by atoms with Crippen molar-refractivity contribution < 1.29 is 23.0 Å². The zero-order valence-corrected chi connectivity index (χ0v) is 21.3. The van der Waals surface area contributed by atoms with Gasteiger partial charge in [0.1, 0.15) is 23.4 Å². The van der Waals surface area contributed by atoms with Crippen LogP contribution in [0.3, 0.4) is 0 Å². The zero-order valence-electron chi connectivity index (χ0n) is 20.5. The lowest BCUT2D eigenvalue weighted by Gasteiger charge is -2.16. The van der Waals surface area contributed by atoms with Gasteiger partial charge in [-0.2, -0.15) is 0 Å². The average Bonchev–Trinajstić information content (AvgIpc) is 3.43. The van der Waals surface area contributed by atoms with Crippen molar-refractivity contribution in [3.05, 3.63) is 89.0 Å². The predicted molar refractivity (Wildman–Crippen MR) is 144 cm³/mol. The van der Waals surface area contributed by atoms with E-state index in [0.29, 0.717) is 0 Å². The molecule has 2 aliphatic rings. The van der Waals surface area contributed by atoms with Crippen molar-refractivity contribution in [3.8, 4) is 11.5 Å². The molecule has 0 bridgehead atoms. The van der Waals surface area contributed by atoms with Gasteiger partial charge in [-0.05, 0) is 59.6 Å². The van der Waals surface area contributed by atoms with Gasteiger partial charge >= 0.3 is 0 Å². The lowest BCUT2D eigenvalue weighted by atomic mass is 9.94. The van der Waals surface area contributed by atoms with Gasteiger partial charge in [-0.1, -0.05) is 73.5 Å². The fraction of sp³-hybridized carbons (Fsp3) is 0.333. The van der Waals surface area contributed by atoms with Crippen molar-refractivity contribution in [3.63, 3.8) is 0 Å². The summed E-state index contributed by atoms with van der Waals surface area (Å²) in [7, 11) is -3.25. The molecule has 0 spiro atoms. The second-order valence-electron chi connectivity index (χ2n) is 9.59. The Morgan fingerprint density at radius 2 is 1.78 bits per heavy atom. The third-order valence-corrected chi connectivity index (χ3v) is 9.12. The Labute approximate surface area is 213 Å². The summed E-state index contributed by atoms with van der Waals surface area (Å²) in [6.45, 7) is 2.66. The van der Waals surface area contributed by atoms with Gasteiger partial charge in [-0.3, -0.25) is 0 Å². The molecule has 0 aliphatic carbocycles. The molecule has 3 aromatic rings. The van der Waals surface area contributed by atoms with E-state index in [2.05, 4.69) is 13.0 Å². The third-order valence-electron chi connectivity index (χ3n) is 7.11. The third kappa shape index (κ3) is 5.06. The highest BCUT2D eigenvalue weighted by Gasteiger charge is 2.47. The molecule has 2 heterocycles.